The van der Waals surface area contributed by atoms with E-state index in [1.165, 1.54) is 5.56 Å². The average molecular weight is 305 g/mol. The Labute approximate surface area is 131 Å². The van der Waals surface area contributed by atoms with E-state index in [1.807, 2.05) is 31.2 Å². The van der Waals surface area contributed by atoms with Gasteiger partial charge in [0, 0.05) is 5.88 Å². The summed E-state index contributed by atoms with van der Waals surface area (Å²) in [6.45, 7) is 3.26. The van der Waals surface area contributed by atoms with Gasteiger partial charge in [0.2, 0.25) is 0 Å². The van der Waals surface area contributed by atoms with Crippen LogP contribution in [-0.2, 0) is 12.3 Å². The standard InChI is InChI=1S/C18H21ClO2/c1-2-20-18-13-16(14-19)10-11-17(18)21-12-6-9-15-7-4-3-5-8-15/h3-5,7-8,10-11,13H,2,6,9,12,14H2,1H3. The molecular formula is C18H21ClO2. The molecule has 0 bridgehead atoms. The Kier molecular flexibility index (Phi) is 6.42. The molecule has 0 aliphatic heterocycles. The second-order valence-electron chi connectivity index (χ2n) is 4.79. The van der Waals surface area contributed by atoms with Crippen LogP contribution >= 0.6 is 11.6 Å². The van der Waals surface area contributed by atoms with E-state index < -0.39 is 0 Å². The maximum Gasteiger partial charge on any atom is 0.161 e. The summed E-state index contributed by atoms with van der Waals surface area (Å²) in [6.07, 6.45) is 2.00. The number of rotatable bonds is 8. The van der Waals surface area contributed by atoms with Crippen LogP contribution in [0.25, 0.3) is 0 Å². The lowest BCUT2D eigenvalue weighted by Crippen LogP contribution is -2.02. The van der Waals surface area contributed by atoms with Gasteiger partial charge in [-0.3, -0.25) is 0 Å². The highest BCUT2D eigenvalue weighted by atomic mass is 35.5. The fraction of sp³-hybridized carbons (Fsp3) is 0.333. The molecule has 0 spiro atoms. The highest BCUT2D eigenvalue weighted by Gasteiger charge is 2.06. The molecule has 2 aromatic rings. The van der Waals surface area contributed by atoms with Gasteiger partial charge < -0.3 is 9.47 Å². The summed E-state index contributed by atoms with van der Waals surface area (Å²) in [5.74, 6) is 2.04. The van der Waals surface area contributed by atoms with Crippen molar-refractivity contribution in [3.63, 3.8) is 0 Å². The Morgan fingerprint density at radius 3 is 2.43 bits per heavy atom. The first-order chi connectivity index (χ1) is 10.3. The molecule has 0 heterocycles. The zero-order valence-electron chi connectivity index (χ0n) is 12.3. The van der Waals surface area contributed by atoms with Crippen LogP contribution in [0.2, 0.25) is 0 Å². The van der Waals surface area contributed by atoms with Crippen molar-refractivity contribution in [2.75, 3.05) is 13.2 Å². The summed E-state index contributed by atoms with van der Waals surface area (Å²) >= 11 is 5.85. The molecule has 0 radical (unpaired) electrons. The van der Waals surface area contributed by atoms with Gasteiger partial charge in [-0.05, 0) is 43.0 Å². The normalized spacial score (nSPS) is 10.4. The third-order valence-electron chi connectivity index (χ3n) is 3.17. The smallest absolute Gasteiger partial charge is 0.161 e. The molecular weight excluding hydrogens is 284 g/mol. The molecule has 0 aliphatic carbocycles. The van der Waals surface area contributed by atoms with E-state index in [9.17, 15) is 0 Å². The van der Waals surface area contributed by atoms with E-state index in [-0.39, 0.29) is 0 Å². The predicted octanol–water partition coefficient (Wildman–Crippen LogP) is 4.84. The zero-order valence-corrected chi connectivity index (χ0v) is 13.1. The highest BCUT2D eigenvalue weighted by Crippen LogP contribution is 2.29. The van der Waals surface area contributed by atoms with Gasteiger partial charge in [0.1, 0.15) is 0 Å². The second kappa shape index (κ2) is 8.58. The highest BCUT2D eigenvalue weighted by molar-refractivity contribution is 6.17. The van der Waals surface area contributed by atoms with Crippen LogP contribution in [0.15, 0.2) is 48.5 Å². The van der Waals surface area contributed by atoms with Gasteiger partial charge in [-0.1, -0.05) is 36.4 Å². The van der Waals surface area contributed by atoms with E-state index in [4.69, 9.17) is 21.1 Å². The molecule has 0 amide bonds. The lowest BCUT2D eigenvalue weighted by molar-refractivity contribution is 0.273. The largest absolute Gasteiger partial charge is 0.490 e. The van der Waals surface area contributed by atoms with Crippen molar-refractivity contribution < 1.29 is 9.47 Å². The quantitative estimate of drug-likeness (QED) is 0.513. The molecule has 0 aliphatic rings. The number of benzene rings is 2. The van der Waals surface area contributed by atoms with Crippen LogP contribution in [0.4, 0.5) is 0 Å². The zero-order chi connectivity index (χ0) is 14.9. The minimum Gasteiger partial charge on any atom is -0.490 e. The minimum atomic E-state index is 0.481. The van der Waals surface area contributed by atoms with Gasteiger partial charge in [0.25, 0.3) is 0 Å². The van der Waals surface area contributed by atoms with Gasteiger partial charge in [-0.2, -0.15) is 0 Å². The number of aryl methyl sites for hydroxylation is 1. The SMILES string of the molecule is CCOc1cc(CCl)ccc1OCCCc1ccccc1. The van der Waals surface area contributed by atoms with Crippen LogP contribution in [0.5, 0.6) is 11.5 Å². The van der Waals surface area contributed by atoms with E-state index >= 15 is 0 Å². The third kappa shape index (κ3) is 4.98. The van der Waals surface area contributed by atoms with Gasteiger partial charge in [-0.25, -0.2) is 0 Å². The van der Waals surface area contributed by atoms with E-state index in [0.717, 1.165) is 29.9 Å². The van der Waals surface area contributed by atoms with Crippen LogP contribution < -0.4 is 9.47 Å². The Morgan fingerprint density at radius 1 is 0.905 bits per heavy atom. The molecule has 0 unspecified atom stereocenters. The Balaban J connectivity index is 1.87. The van der Waals surface area contributed by atoms with Crippen molar-refractivity contribution in [3.8, 4) is 11.5 Å². The Bertz CT molecular complexity index is 540. The molecule has 21 heavy (non-hydrogen) atoms. The lowest BCUT2D eigenvalue weighted by atomic mass is 10.1. The van der Waals surface area contributed by atoms with Crippen molar-refractivity contribution >= 4 is 11.6 Å². The fourth-order valence-corrected chi connectivity index (χ4v) is 2.29. The van der Waals surface area contributed by atoms with Crippen molar-refractivity contribution in [2.45, 2.75) is 25.6 Å². The summed E-state index contributed by atoms with van der Waals surface area (Å²) in [7, 11) is 0. The molecule has 2 rings (SSSR count). The first-order valence-electron chi connectivity index (χ1n) is 7.32. The van der Waals surface area contributed by atoms with Gasteiger partial charge >= 0.3 is 0 Å². The molecule has 3 heteroatoms. The maximum absolute atomic E-state index is 5.85. The van der Waals surface area contributed by atoms with Crippen molar-refractivity contribution in [1.82, 2.24) is 0 Å². The molecule has 0 fully saturated rings. The van der Waals surface area contributed by atoms with Crippen molar-refractivity contribution in [2.24, 2.45) is 0 Å². The topological polar surface area (TPSA) is 18.5 Å². The summed E-state index contributed by atoms with van der Waals surface area (Å²) in [5, 5.41) is 0. The molecule has 0 atom stereocenters. The Morgan fingerprint density at radius 2 is 1.71 bits per heavy atom. The van der Waals surface area contributed by atoms with Crippen LogP contribution in [0.1, 0.15) is 24.5 Å². The third-order valence-corrected chi connectivity index (χ3v) is 3.48. The number of hydrogen-bond acceptors (Lipinski definition) is 2. The summed E-state index contributed by atoms with van der Waals surface area (Å²) in [4.78, 5) is 0. The first kappa shape index (κ1) is 15.7. The predicted molar refractivity (Wildman–Crippen MR) is 87.4 cm³/mol. The fourth-order valence-electron chi connectivity index (χ4n) is 2.13. The Hall–Kier alpha value is -1.67. The number of alkyl halides is 1. The van der Waals surface area contributed by atoms with E-state index in [2.05, 4.69) is 24.3 Å². The number of ether oxygens (including phenoxy) is 2. The van der Waals surface area contributed by atoms with Crippen LogP contribution in [0.3, 0.4) is 0 Å². The summed E-state index contributed by atoms with van der Waals surface area (Å²) in [6, 6.07) is 16.3. The van der Waals surface area contributed by atoms with E-state index in [0.29, 0.717) is 19.1 Å². The average Bonchev–Trinajstić information content (AvgIpc) is 2.54. The molecule has 0 saturated carbocycles. The first-order valence-corrected chi connectivity index (χ1v) is 7.85. The van der Waals surface area contributed by atoms with Crippen LogP contribution in [-0.4, -0.2) is 13.2 Å². The maximum atomic E-state index is 5.85. The van der Waals surface area contributed by atoms with Crippen molar-refractivity contribution in [3.05, 3.63) is 59.7 Å². The van der Waals surface area contributed by atoms with Gasteiger partial charge in [0.05, 0.1) is 13.2 Å². The monoisotopic (exact) mass is 304 g/mol. The number of halogens is 1. The second-order valence-corrected chi connectivity index (χ2v) is 5.05. The number of hydrogen-bond donors (Lipinski definition) is 0. The lowest BCUT2D eigenvalue weighted by Gasteiger charge is -2.13. The molecule has 2 aromatic carbocycles. The van der Waals surface area contributed by atoms with Gasteiger partial charge in [0.15, 0.2) is 11.5 Å². The van der Waals surface area contributed by atoms with Crippen LogP contribution in [0, 0.1) is 0 Å². The molecule has 0 N–H and O–H groups in total. The minimum absolute atomic E-state index is 0.481. The molecule has 112 valence electrons. The summed E-state index contributed by atoms with van der Waals surface area (Å²) < 4.78 is 11.5. The van der Waals surface area contributed by atoms with Gasteiger partial charge in [-0.15, -0.1) is 11.6 Å². The van der Waals surface area contributed by atoms with Crippen molar-refractivity contribution in [1.29, 1.82) is 0 Å². The molecule has 0 aromatic heterocycles. The van der Waals surface area contributed by atoms with E-state index in [1.54, 1.807) is 0 Å². The summed E-state index contributed by atoms with van der Waals surface area (Å²) in [5.41, 5.74) is 2.38. The molecule has 0 saturated heterocycles. The molecule has 2 nitrogen and oxygen atoms in total.